The molecule has 152 valence electrons. The first-order valence-corrected chi connectivity index (χ1v) is 9.70. The standard InChI is InChI=1S/C20H22N4O5/c25-15(26)10-21-19(28)16-17(27)18-22-13-8-4-5-9-14(13)24(18)23(20(16)29)11-12-6-2-1-3-7-12/h4-5,8-9,12,27H,1-3,6-7,10-11H2,(H,21,28)(H,25,26). The van der Waals surface area contributed by atoms with E-state index in [9.17, 15) is 19.5 Å². The number of nitrogens with one attached hydrogen (secondary N) is 1. The van der Waals surface area contributed by atoms with Gasteiger partial charge in [-0.1, -0.05) is 31.4 Å². The van der Waals surface area contributed by atoms with Gasteiger partial charge in [0, 0.05) is 6.54 Å². The van der Waals surface area contributed by atoms with Gasteiger partial charge in [-0.25, -0.2) is 14.2 Å². The molecule has 0 radical (unpaired) electrons. The van der Waals surface area contributed by atoms with Crippen molar-refractivity contribution in [2.45, 2.75) is 38.6 Å². The smallest absolute Gasteiger partial charge is 0.322 e. The van der Waals surface area contributed by atoms with E-state index in [4.69, 9.17) is 5.11 Å². The number of fused-ring (bicyclic) bond motifs is 3. The van der Waals surface area contributed by atoms with Crippen molar-refractivity contribution < 1.29 is 19.8 Å². The van der Waals surface area contributed by atoms with E-state index in [1.807, 2.05) is 6.07 Å². The number of carbonyl (C=O) groups excluding carboxylic acids is 1. The van der Waals surface area contributed by atoms with Crippen LogP contribution in [0, 0.1) is 5.92 Å². The molecule has 0 aliphatic heterocycles. The molecular weight excluding hydrogens is 376 g/mol. The first-order chi connectivity index (χ1) is 14.0. The van der Waals surface area contributed by atoms with E-state index < -0.39 is 35.3 Å². The number of carboxylic acid groups (broad SMARTS) is 1. The number of aromatic hydroxyl groups is 1. The molecule has 3 aromatic rings. The first kappa shape index (κ1) is 19.0. The van der Waals surface area contributed by atoms with Gasteiger partial charge in [0.25, 0.3) is 11.5 Å². The summed E-state index contributed by atoms with van der Waals surface area (Å²) in [4.78, 5) is 41.0. The van der Waals surface area contributed by atoms with Gasteiger partial charge < -0.3 is 15.5 Å². The lowest BCUT2D eigenvalue weighted by Gasteiger charge is -2.23. The molecule has 9 heteroatoms. The van der Waals surface area contributed by atoms with Crippen molar-refractivity contribution in [2.75, 3.05) is 6.54 Å². The number of para-hydroxylation sites is 2. The maximum atomic E-state index is 13.3. The second kappa shape index (κ2) is 7.57. The van der Waals surface area contributed by atoms with Gasteiger partial charge in [0.2, 0.25) is 0 Å². The van der Waals surface area contributed by atoms with E-state index in [-0.39, 0.29) is 11.6 Å². The van der Waals surface area contributed by atoms with Crippen LogP contribution >= 0.6 is 0 Å². The van der Waals surface area contributed by atoms with Crippen molar-refractivity contribution in [1.82, 2.24) is 19.5 Å². The van der Waals surface area contributed by atoms with Crippen LogP contribution in [0.15, 0.2) is 29.1 Å². The quantitative estimate of drug-likeness (QED) is 0.601. The lowest BCUT2D eigenvalue weighted by Crippen LogP contribution is -2.38. The number of amides is 1. The molecule has 0 unspecified atom stereocenters. The van der Waals surface area contributed by atoms with Gasteiger partial charge in [0.15, 0.2) is 17.0 Å². The van der Waals surface area contributed by atoms with Gasteiger partial charge in [-0.05, 0) is 30.9 Å². The number of rotatable bonds is 5. The van der Waals surface area contributed by atoms with Crippen LogP contribution in [0.5, 0.6) is 5.75 Å². The fourth-order valence-corrected chi connectivity index (χ4v) is 4.07. The van der Waals surface area contributed by atoms with Crippen molar-refractivity contribution in [3.8, 4) is 5.75 Å². The number of carboxylic acids is 1. The van der Waals surface area contributed by atoms with E-state index >= 15 is 0 Å². The van der Waals surface area contributed by atoms with Crippen LogP contribution < -0.4 is 10.9 Å². The Hall–Kier alpha value is -3.36. The highest BCUT2D eigenvalue weighted by Crippen LogP contribution is 2.28. The van der Waals surface area contributed by atoms with E-state index in [2.05, 4.69) is 10.3 Å². The molecule has 9 nitrogen and oxygen atoms in total. The molecule has 1 aliphatic carbocycles. The third-order valence-corrected chi connectivity index (χ3v) is 5.46. The van der Waals surface area contributed by atoms with Crippen molar-refractivity contribution in [3.05, 3.63) is 40.2 Å². The van der Waals surface area contributed by atoms with Gasteiger partial charge in [-0.3, -0.25) is 14.4 Å². The van der Waals surface area contributed by atoms with Crippen LogP contribution in [0.25, 0.3) is 16.7 Å². The Morgan fingerprint density at radius 2 is 1.90 bits per heavy atom. The average molecular weight is 398 g/mol. The molecule has 3 N–H and O–H groups in total. The number of hydrogen-bond donors (Lipinski definition) is 3. The van der Waals surface area contributed by atoms with Gasteiger partial charge >= 0.3 is 5.97 Å². The summed E-state index contributed by atoms with van der Waals surface area (Å²) in [6.07, 6.45) is 5.34. The van der Waals surface area contributed by atoms with Crippen LogP contribution in [0.4, 0.5) is 0 Å². The highest BCUT2D eigenvalue weighted by atomic mass is 16.4. The second-order valence-electron chi connectivity index (χ2n) is 7.43. The highest BCUT2D eigenvalue weighted by molar-refractivity contribution is 6.00. The molecule has 4 rings (SSSR count). The average Bonchev–Trinajstić information content (AvgIpc) is 3.10. The van der Waals surface area contributed by atoms with Crippen molar-refractivity contribution in [2.24, 2.45) is 5.92 Å². The molecule has 2 aromatic heterocycles. The summed E-state index contributed by atoms with van der Waals surface area (Å²) in [5, 5.41) is 21.7. The number of nitrogens with zero attached hydrogens (tertiary/aromatic N) is 3. The number of hydrogen-bond acceptors (Lipinski definition) is 5. The molecule has 1 saturated carbocycles. The van der Waals surface area contributed by atoms with E-state index in [0.717, 1.165) is 25.7 Å². The Balaban J connectivity index is 1.92. The first-order valence-electron chi connectivity index (χ1n) is 9.70. The molecule has 0 atom stereocenters. The molecular formula is C20H22N4O5. The topological polar surface area (TPSA) is 126 Å². The predicted octanol–water partition coefficient (Wildman–Crippen LogP) is 1.75. The van der Waals surface area contributed by atoms with Gasteiger partial charge in [0.05, 0.1) is 11.0 Å². The zero-order chi connectivity index (χ0) is 20.5. The second-order valence-corrected chi connectivity index (χ2v) is 7.43. The number of imidazole rings is 1. The Morgan fingerprint density at radius 1 is 1.17 bits per heavy atom. The largest absolute Gasteiger partial charge is 0.504 e. The maximum absolute atomic E-state index is 13.3. The normalized spacial score (nSPS) is 15.0. The fraction of sp³-hybridized carbons (Fsp3) is 0.400. The summed E-state index contributed by atoms with van der Waals surface area (Å²) in [6.45, 7) is -0.253. The molecule has 1 aliphatic rings. The Labute approximate surface area is 165 Å². The Bertz CT molecular complexity index is 1160. The molecule has 0 spiro atoms. The zero-order valence-corrected chi connectivity index (χ0v) is 15.8. The fourth-order valence-electron chi connectivity index (χ4n) is 4.07. The summed E-state index contributed by atoms with van der Waals surface area (Å²) < 4.78 is 3.02. The number of aliphatic carboxylic acids is 1. The minimum absolute atomic E-state index is 0.0992. The maximum Gasteiger partial charge on any atom is 0.322 e. The monoisotopic (exact) mass is 398 g/mol. The van der Waals surface area contributed by atoms with E-state index in [0.29, 0.717) is 17.6 Å². The van der Waals surface area contributed by atoms with Crippen molar-refractivity contribution in [3.63, 3.8) is 0 Å². The Kier molecular flexibility index (Phi) is 4.96. The van der Waals surface area contributed by atoms with Crippen LogP contribution in [-0.2, 0) is 11.3 Å². The summed E-state index contributed by atoms with van der Waals surface area (Å²) in [5.74, 6) is -2.44. The van der Waals surface area contributed by atoms with Crippen LogP contribution in [0.1, 0.15) is 42.5 Å². The molecule has 0 saturated heterocycles. The van der Waals surface area contributed by atoms with Crippen molar-refractivity contribution >= 4 is 28.6 Å². The van der Waals surface area contributed by atoms with Crippen molar-refractivity contribution in [1.29, 1.82) is 0 Å². The van der Waals surface area contributed by atoms with Crippen LogP contribution in [0.3, 0.4) is 0 Å². The molecule has 1 amide bonds. The minimum atomic E-state index is -1.24. The van der Waals surface area contributed by atoms with E-state index in [1.165, 1.54) is 11.1 Å². The molecule has 2 heterocycles. The van der Waals surface area contributed by atoms with Crippen LogP contribution in [-0.4, -0.2) is 42.8 Å². The zero-order valence-electron chi connectivity index (χ0n) is 15.8. The summed E-state index contributed by atoms with van der Waals surface area (Å²) in [6, 6.07) is 7.18. The minimum Gasteiger partial charge on any atom is -0.504 e. The highest BCUT2D eigenvalue weighted by Gasteiger charge is 2.26. The predicted molar refractivity (Wildman–Crippen MR) is 105 cm³/mol. The molecule has 1 fully saturated rings. The number of aromatic nitrogens is 3. The lowest BCUT2D eigenvalue weighted by atomic mass is 9.89. The SMILES string of the molecule is O=C(O)CNC(=O)c1c(O)c2nc3ccccc3n2n(CC2CCCCC2)c1=O. The number of carbonyl (C=O) groups is 2. The van der Waals surface area contributed by atoms with E-state index in [1.54, 1.807) is 22.7 Å². The van der Waals surface area contributed by atoms with Crippen LogP contribution in [0.2, 0.25) is 0 Å². The third-order valence-electron chi connectivity index (χ3n) is 5.46. The summed E-state index contributed by atoms with van der Waals surface area (Å²) in [7, 11) is 0. The number of benzene rings is 1. The lowest BCUT2D eigenvalue weighted by molar-refractivity contribution is -0.135. The summed E-state index contributed by atoms with van der Waals surface area (Å²) >= 11 is 0. The van der Waals surface area contributed by atoms with Gasteiger partial charge in [-0.15, -0.1) is 0 Å². The van der Waals surface area contributed by atoms with Gasteiger partial charge in [-0.2, -0.15) is 0 Å². The summed E-state index contributed by atoms with van der Waals surface area (Å²) in [5.41, 5.74) is 0.199. The molecule has 1 aromatic carbocycles. The Morgan fingerprint density at radius 3 is 2.62 bits per heavy atom. The third kappa shape index (κ3) is 3.43. The molecule has 29 heavy (non-hydrogen) atoms. The van der Waals surface area contributed by atoms with Gasteiger partial charge in [0.1, 0.15) is 6.54 Å². The molecule has 0 bridgehead atoms.